The number of nitrogens with one attached hydrogen (secondary N) is 1. The van der Waals surface area contributed by atoms with Gasteiger partial charge in [-0.1, -0.05) is 34.8 Å². The molecule has 3 rings (SSSR count). The van der Waals surface area contributed by atoms with Gasteiger partial charge in [0, 0.05) is 16.9 Å². The van der Waals surface area contributed by atoms with Crippen molar-refractivity contribution in [1.82, 2.24) is 9.78 Å². The van der Waals surface area contributed by atoms with E-state index in [1.54, 1.807) is 24.4 Å². The summed E-state index contributed by atoms with van der Waals surface area (Å²) in [6, 6.07) is 10.2. The molecular formula is C18H12Cl3F2N3O3. The smallest absolute Gasteiger partial charge is 0.387 e. The Morgan fingerprint density at radius 2 is 1.79 bits per heavy atom. The van der Waals surface area contributed by atoms with Crippen molar-refractivity contribution >= 4 is 46.4 Å². The van der Waals surface area contributed by atoms with Gasteiger partial charge in [0.05, 0.1) is 10.0 Å². The third-order valence-corrected chi connectivity index (χ3v) is 4.35. The lowest BCUT2D eigenvalue weighted by molar-refractivity contribution is -0.0497. The molecule has 0 radical (unpaired) electrons. The van der Waals surface area contributed by atoms with E-state index >= 15 is 0 Å². The molecule has 1 heterocycles. The molecule has 0 fully saturated rings. The number of alkyl halides is 2. The highest BCUT2D eigenvalue weighted by Gasteiger charge is 2.13. The van der Waals surface area contributed by atoms with Crippen molar-refractivity contribution in [2.45, 2.75) is 13.3 Å². The zero-order chi connectivity index (χ0) is 21.0. The maximum atomic E-state index is 12.3. The van der Waals surface area contributed by atoms with Crippen LogP contribution in [0.1, 0.15) is 10.5 Å². The van der Waals surface area contributed by atoms with Gasteiger partial charge in [-0.3, -0.25) is 4.79 Å². The van der Waals surface area contributed by atoms with Crippen molar-refractivity contribution in [1.29, 1.82) is 0 Å². The van der Waals surface area contributed by atoms with Crippen molar-refractivity contribution in [2.75, 3.05) is 5.32 Å². The minimum absolute atomic E-state index is 0.0140. The summed E-state index contributed by atoms with van der Waals surface area (Å²) < 4.78 is 35.7. The van der Waals surface area contributed by atoms with Crippen LogP contribution in [0.2, 0.25) is 15.1 Å². The summed E-state index contributed by atoms with van der Waals surface area (Å²) in [5.74, 6) is -0.299. The fraction of sp³-hybridized carbons (Fsp3) is 0.111. The quantitative estimate of drug-likeness (QED) is 0.487. The maximum absolute atomic E-state index is 12.3. The topological polar surface area (TPSA) is 65.4 Å². The molecule has 152 valence electrons. The maximum Gasteiger partial charge on any atom is 0.387 e. The van der Waals surface area contributed by atoms with E-state index in [4.69, 9.17) is 39.5 Å². The predicted octanol–water partition coefficient (Wildman–Crippen LogP) is 5.73. The molecule has 1 aromatic heterocycles. The molecule has 3 aromatic rings. The van der Waals surface area contributed by atoms with Gasteiger partial charge in [-0.25, -0.2) is 4.68 Å². The molecule has 1 N–H and O–H groups in total. The molecule has 0 saturated carbocycles. The molecule has 2 aromatic carbocycles. The highest BCUT2D eigenvalue weighted by molar-refractivity contribution is 6.35. The van der Waals surface area contributed by atoms with Crippen LogP contribution in [0, 0.1) is 0 Å². The summed E-state index contributed by atoms with van der Waals surface area (Å²) in [5.41, 5.74) is 0.403. The number of ether oxygens (including phenoxy) is 2. The molecule has 0 saturated heterocycles. The number of anilines is 1. The Morgan fingerprint density at radius 1 is 1.07 bits per heavy atom. The van der Waals surface area contributed by atoms with Gasteiger partial charge in [0.2, 0.25) is 0 Å². The molecule has 11 heteroatoms. The van der Waals surface area contributed by atoms with Crippen molar-refractivity contribution in [3.05, 3.63) is 69.4 Å². The molecule has 0 bridgehead atoms. The molecule has 0 unspecified atom stereocenters. The summed E-state index contributed by atoms with van der Waals surface area (Å²) in [7, 11) is 0. The number of benzene rings is 2. The molecule has 0 atom stereocenters. The van der Waals surface area contributed by atoms with Crippen LogP contribution in [0.3, 0.4) is 0 Å². The van der Waals surface area contributed by atoms with Crippen LogP contribution in [0.25, 0.3) is 0 Å². The van der Waals surface area contributed by atoms with E-state index in [0.29, 0.717) is 21.5 Å². The van der Waals surface area contributed by atoms with Gasteiger partial charge in [0.15, 0.2) is 12.4 Å². The Labute approximate surface area is 178 Å². The molecule has 1 amide bonds. The van der Waals surface area contributed by atoms with Crippen molar-refractivity contribution in [3.8, 4) is 11.5 Å². The molecule has 0 spiro atoms. The van der Waals surface area contributed by atoms with Gasteiger partial charge in [-0.05, 0) is 42.5 Å². The first-order valence-corrected chi connectivity index (χ1v) is 9.12. The van der Waals surface area contributed by atoms with E-state index in [1.807, 2.05) is 0 Å². The van der Waals surface area contributed by atoms with Gasteiger partial charge in [-0.2, -0.15) is 13.9 Å². The third kappa shape index (κ3) is 5.72. The number of nitrogens with zero attached hydrogens (tertiary/aromatic N) is 2. The highest BCUT2D eigenvalue weighted by atomic mass is 35.5. The number of aromatic nitrogens is 2. The lowest BCUT2D eigenvalue weighted by atomic mass is 10.3. The first-order chi connectivity index (χ1) is 13.8. The number of rotatable bonds is 7. The van der Waals surface area contributed by atoms with Crippen molar-refractivity contribution in [2.24, 2.45) is 0 Å². The van der Waals surface area contributed by atoms with Crippen LogP contribution in [0.4, 0.5) is 14.5 Å². The fourth-order valence-corrected chi connectivity index (χ4v) is 2.94. The minimum atomic E-state index is -3.00. The highest BCUT2D eigenvalue weighted by Crippen LogP contribution is 2.29. The van der Waals surface area contributed by atoms with Crippen LogP contribution in [0.5, 0.6) is 11.5 Å². The average molecular weight is 463 g/mol. The lowest BCUT2D eigenvalue weighted by Crippen LogP contribution is -2.14. The first kappa shape index (κ1) is 21.2. The summed E-state index contributed by atoms with van der Waals surface area (Å²) >= 11 is 17.7. The lowest BCUT2D eigenvalue weighted by Gasteiger charge is -2.09. The van der Waals surface area contributed by atoms with E-state index in [1.165, 1.54) is 28.9 Å². The Hall–Kier alpha value is -2.55. The van der Waals surface area contributed by atoms with E-state index in [0.717, 1.165) is 0 Å². The zero-order valence-electron chi connectivity index (χ0n) is 14.4. The monoisotopic (exact) mass is 461 g/mol. The van der Waals surface area contributed by atoms with Crippen LogP contribution >= 0.6 is 34.8 Å². The Bertz CT molecular complexity index is 1030. The Kier molecular flexibility index (Phi) is 6.79. The van der Waals surface area contributed by atoms with Crippen molar-refractivity contribution < 1.29 is 23.0 Å². The van der Waals surface area contributed by atoms with Gasteiger partial charge in [0.1, 0.15) is 11.5 Å². The third-order valence-electron chi connectivity index (χ3n) is 3.53. The second-order valence-electron chi connectivity index (χ2n) is 5.57. The summed E-state index contributed by atoms with van der Waals surface area (Å²) in [5, 5.41) is 7.42. The normalized spacial score (nSPS) is 10.8. The SMILES string of the molecule is O=C(Nc1ccc(OC(F)F)c(Cl)c1)c1ccn(COc2ccc(Cl)cc2Cl)n1. The van der Waals surface area contributed by atoms with Gasteiger partial charge in [0.25, 0.3) is 5.91 Å². The largest absolute Gasteiger partial charge is 0.470 e. The van der Waals surface area contributed by atoms with E-state index in [2.05, 4.69) is 15.2 Å². The zero-order valence-corrected chi connectivity index (χ0v) is 16.7. The summed E-state index contributed by atoms with van der Waals surface area (Å²) in [6.45, 7) is -2.98. The van der Waals surface area contributed by atoms with E-state index < -0.39 is 12.5 Å². The molecule has 6 nitrogen and oxygen atoms in total. The van der Waals surface area contributed by atoms with Crippen LogP contribution in [-0.4, -0.2) is 22.3 Å². The fourth-order valence-electron chi connectivity index (χ4n) is 2.25. The van der Waals surface area contributed by atoms with Gasteiger partial charge in [-0.15, -0.1) is 0 Å². The number of hydrogen-bond donors (Lipinski definition) is 1. The predicted molar refractivity (Wildman–Crippen MR) is 105 cm³/mol. The molecular weight excluding hydrogens is 451 g/mol. The first-order valence-electron chi connectivity index (χ1n) is 7.99. The molecule has 0 aliphatic rings. The van der Waals surface area contributed by atoms with Crippen LogP contribution in [-0.2, 0) is 6.73 Å². The van der Waals surface area contributed by atoms with Gasteiger partial charge < -0.3 is 14.8 Å². The Balaban J connectivity index is 1.61. The summed E-state index contributed by atoms with van der Waals surface area (Å²) in [4.78, 5) is 12.3. The van der Waals surface area contributed by atoms with E-state index in [9.17, 15) is 13.6 Å². The van der Waals surface area contributed by atoms with Crippen molar-refractivity contribution in [3.63, 3.8) is 0 Å². The minimum Gasteiger partial charge on any atom is -0.470 e. The number of carbonyl (C=O) groups is 1. The number of hydrogen-bond acceptors (Lipinski definition) is 4. The van der Waals surface area contributed by atoms with Crippen LogP contribution < -0.4 is 14.8 Å². The standard InChI is InChI=1S/C18H12Cl3F2N3O3/c19-10-1-3-15(12(20)7-10)28-9-26-6-5-14(25-26)17(27)24-11-2-4-16(13(21)8-11)29-18(22)23/h1-8,18H,9H2,(H,24,27). The van der Waals surface area contributed by atoms with Gasteiger partial charge >= 0.3 is 6.61 Å². The molecule has 0 aliphatic carbocycles. The second-order valence-corrected chi connectivity index (χ2v) is 6.82. The number of carbonyl (C=O) groups excluding carboxylic acids is 1. The Morgan fingerprint density at radius 3 is 2.48 bits per heavy atom. The number of amides is 1. The summed E-state index contributed by atoms with van der Waals surface area (Å²) in [6.07, 6.45) is 1.55. The molecule has 29 heavy (non-hydrogen) atoms. The molecule has 0 aliphatic heterocycles. The van der Waals surface area contributed by atoms with Crippen LogP contribution in [0.15, 0.2) is 48.7 Å². The van der Waals surface area contributed by atoms with E-state index in [-0.39, 0.29) is 23.2 Å². The second kappa shape index (κ2) is 9.30. The average Bonchev–Trinajstić information content (AvgIpc) is 3.12. The number of halogens is 5.